The van der Waals surface area contributed by atoms with E-state index in [1.807, 2.05) is 0 Å². The van der Waals surface area contributed by atoms with Crippen LogP contribution in [0.1, 0.15) is 24.5 Å². The molecule has 0 saturated carbocycles. The summed E-state index contributed by atoms with van der Waals surface area (Å²) < 4.78 is 0. The molecule has 4 nitrogen and oxygen atoms in total. The summed E-state index contributed by atoms with van der Waals surface area (Å²) in [6.07, 6.45) is 3.96. The Balaban J connectivity index is 0. The molecule has 0 saturated heterocycles. The van der Waals surface area contributed by atoms with Gasteiger partial charge in [-0.15, -0.1) is 0 Å². The van der Waals surface area contributed by atoms with Gasteiger partial charge in [0.2, 0.25) is 12.2 Å². The van der Waals surface area contributed by atoms with Crippen LogP contribution in [0.5, 0.6) is 0 Å². The van der Waals surface area contributed by atoms with E-state index in [0.717, 1.165) is 12.2 Å². The molecule has 0 unspecified atom stereocenters. The van der Waals surface area contributed by atoms with E-state index in [2.05, 4.69) is 38.1 Å². The average molecular weight is 220 g/mol. The van der Waals surface area contributed by atoms with Crippen molar-refractivity contribution >= 4 is 12.2 Å². The van der Waals surface area contributed by atoms with E-state index < -0.39 is 0 Å². The third kappa shape index (κ3) is 10.1. The minimum atomic E-state index is 0.750. The number of rotatable bonds is 2. The van der Waals surface area contributed by atoms with Gasteiger partial charge in [-0.05, 0) is 24.5 Å². The van der Waals surface area contributed by atoms with E-state index >= 15 is 0 Å². The molecule has 1 aromatic rings. The molecule has 16 heavy (non-hydrogen) atoms. The van der Waals surface area contributed by atoms with Crippen LogP contribution < -0.4 is 0 Å². The Bertz CT molecular complexity index is 338. The van der Waals surface area contributed by atoms with Gasteiger partial charge in [-0.1, -0.05) is 37.6 Å². The molecule has 0 aliphatic heterocycles. The molecule has 0 amide bonds. The fourth-order valence-corrected chi connectivity index (χ4v) is 1.16. The van der Waals surface area contributed by atoms with Crippen molar-refractivity contribution < 1.29 is 9.59 Å². The van der Waals surface area contributed by atoms with Gasteiger partial charge in [0.25, 0.3) is 0 Å². The van der Waals surface area contributed by atoms with Gasteiger partial charge in [0, 0.05) is 0 Å². The highest BCUT2D eigenvalue weighted by Crippen LogP contribution is 2.08. The molecular formula is C12H16N2O2. The predicted molar refractivity (Wildman–Crippen MR) is 62.0 cm³/mol. The highest BCUT2D eigenvalue weighted by molar-refractivity contribution is 5.26. The lowest BCUT2D eigenvalue weighted by molar-refractivity contribution is 0.562. The Hall–Kier alpha value is -2.02. The second-order valence-electron chi connectivity index (χ2n) is 2.88. The summed E-state index contributed by atoms with van der Waals surface area (Å²) in [7, 11) is 0. The highest BCUT2D eigenvalue weighted by atomic mass is 16.1. The minimum absolute atomic E-state index is 0.750. The van der Waals surface area contributed by atoms with Crippen LogP contribution in [0.4, 0.5) is 0 Å². The van der Waals surface area contributed by atoms with Crippen LogP contribution in [-0.2, 0) is 16.0 Å². The Kier molecular flexibility index (Phi) is 13.3. The number of isocyanates is 2. The largest absolute Gasteiger partial charge is 0.231 e. The van der Waals surface area contributed by atoms with Crippen molar-refractivity contribution in [2.24, 2.45) is 0 Å². The van der Waals surface area contributed by atoms with Crippen molar-refractivity contribution in [3.05, 3.63) is 35.4 Å². The third-order valence-electron chi connectivity index (χ3n) is 1.78. The van der Waals surface area contributed by atoms with Crippen molar-refractivity contribution in [2.75, 3.05) is 0 Å². The van der Waals surface area contributed by atoms with E-state index in [9.17, 15) is 0 Å². The molecule has 0 heterocycles. The maximum Gasteiger partial charge on any atom is 0.231 e. The van der Waals surface area contributed by atoms with Gasteiger partial charge in [0.1, 0.15) is 0 Å². The molecule has 0 fully saturated rings. The van der Waals surface area contributed by atoms with Crippen molar-refractivity contribution in [1.82, 2.24) is 0 Å². The maximum atomic E-state index is 8.35. The zero-order chi connectivity index (χ0) is 12.8. The van der Waals surface area contributed by atoms with Crippen molar-refractivity contribution in [3.63, 3.8) is 0 Å². The van der Waals surface area contributed by atoms with Crippen LogP contribution in [0.3, 0.4) is 0 Å². The van der Waals surface area contributed by atoms with E-state index in [1.54, 1.807) is 0 Å². The molecule has 0 bridgehead atoms. The van der Waals surface area contributed by atoms with Gasteiger partial charge in [-0.25, -0.2) is 20.4 Å². The molecule has 0 aliphatic rings. The number of hydrogen-bond acceptors (Lipinski definition) is 4. The molecule has 1 aromatic carbocycles. The number of hydrogen-bond donors (Lipinski definition) is 2. The lowest BCUT2D eigenvalue weighted by atomic mass is 10.1. The monoisotopic (exact) mass is 220 g/mol. The summed E-state index contributed by atoms with van der Waals surface area (Å²) in [6, 6.07) is 8.58. The zero-order valence-electron chi connectivity index (χ0n) is 9.54. The Morgan fingerprint density at radius 1 is 1.12 bits per heavy atom. The fraction of sp³-hybridized carbons (Fsp3) is 0.333. The second-order valence-corrected chi connectivity index (χ2v) is 2.88. The predicted octanol–water partition coefficient (Wildman–Crippen LogP) is 2.75. The standard InChI is InChI=1S/C10H14.2CHNO/c1-3-6-10-8-5-4-7-9(10)2;2*2-1-3/h4-5,7-8H,3,6H2,1-2H3;2*2H. The summed E-state index contributed by atoms with van der Waals surface area (Å²) in [5.41, 5.74) is 2.91. The lowest BCUT2D eigenvalue weighted by Gasteiger charge is -2.01. The molecule has 0 atom stereocenters. The molecule has 0 radical (unpaired) electrons. The normalized spacial score (nSPS) is 7.12. The van der Waals surface area contributed by atoms with Gasteiger partial charge in [0.15, 0.2) is 0 Å². The smallest absolute Gasteiger partial charge is 0.222 e. The Labute approximate surface area is 95.3 Å². The first-order valence-corrected chi connectivity index (χ1v) is 4.80. The number of carbonyl (C=O) groups excluding carboxylic acids is 2. The van der Waals surface area contributed by atoms with Crippen LogP contribution in [0, 0.1) is 17.7 Å². The Morgan fingerprint density at radius 2 is 1.56 bits per heavy atom. The first-order chi connectivity index (χ1) is 7.67. The van der Waals surface area contributed by atoms with Crippen LogP contribution in [0.25, 0.3) is 0 Å². The van der Waals surface area contributed by atoms with Crippen LogP contribution in [-0.4, -0.2) is 12.2 Å². The van der Waals surface area contributed by atoms with Gasteiger partial charge in [-0.2, -0.15) is 0 Å². The molecule has 0 aliphatic carbocycles. The zero-order valence-corrected chi connectivity index (χ0v) is 9.54. The first kappa shape index (κ1) is 16.4. The van der Waals surface area contributed by atoms with Gasteiger partial charge >= 0.3 is 0 Å². The SMILES string of the molecule is CCCc1ccccc1C.N=C=O.N=C=O. The van der Waals surface area contributed by atoms with Crippen molar-refractivity contribution in [2.45, 2.75) is 26.7 Å². The summed E-state index contributed by atoms with van der Waals surface area (Å²) in [5, 5.41) is 10.8. The maximum absolute atomic E-state index is 8.35. The summed E-state index contributed by atoms with van der Waals surface area (Å²) in [6.45, 7) is 4.39. The van der Waals surface area contributed by atoms with Gasteiger partial charge < -0.3 is 0 Å². The molecular weight excluding hydrogens is 204 g/mol. The van der Waals surface area contributed by atoms with Crippen molar-refractivity contribution in [3.8, 4) is 0 Å². The quantitative estimate of drug-likeness (QED) is 0.593. The van der Waals surface area contributed by atoms with Gasteiger partial charge in [0.05, 0.1) is 0 Å². The molecule has 4 heteroatoms. The Morgan fingerprint density at radius 3 is 1.94 bits per heavy atom. The van der Waals surface area contributed by atoms with Crippen molar-refractivity contribution in [1.29, 1.82) is 10.8 Å². The van der Waals surface area contributed by atoms with E-state index in [1.165, 1.54) is 24.0 Å². The average Bonchev–Trinajstić information content (AvgIpc) is 2.24. The molecule has 1 rings (SSSR count). The molecule has 2 N–H and O–H groups in total. The van der Waals surface area contributed by atoms with Crippen LogP contribution in [0.2, 0.25) is 0 Å². The van der Waals surface area contributed by atoms with Gasteiger partial charge in [-0.3, -0.25) is 0 Å². The van der Waals surface area contributed by atoms with E-state index in [-0.39, 0.29) is 0 Å². The summed E-state index contributed by atoms with van der Waals surface area (Å²) >= 11 is 0. The summed E-state index contributed by atoms with van der Waals surface area (Å²) in [5.74, 6) is 0. The fourth-order valence-electron chi connectivity index (χ4n) is 1.16. The van der Waals surface area contributed by atoms with E-state index in [4.69, 9.17) is 20.4 Å². The topological polar surface area (TPSA) is 81.8 Å². The first-order valence-electron chi connectivity index (χ1n) is 4.80. The number of benzene rings is 1. The molecule has 86 valence electrons. The van der Waals surface area contributed by atoms with Crippen LogP contribution in [0.15, 0.2) is 24.3 Å². The third-order valence-corrected chi connectivity index (χ3v) is 1.78. The van der Waals surface area contributed by atoms with E-state index in [0.29, 0.717) is 0 Å². The second kappa shape index (κ2) is 13.0. The van der Waals surface area contributed by atoms with Crippen LogP contribution >= 0.6 is 0 Å². The summed E-state index contributed by atoms with van der Waals surface area (Å²) in [4.78, 5) is 16.7. The highest BCUT2D eigenvalue weighted by Gasteiger charge is 1.92. The minimum Gasteiger partial charge on any atom is -0.222 e. The molecule has 0 spiro atoms. The number of nitrogens with one attached hydrogen (secondary N) is 2. The lowest BCUT2D eigenvalue weighted by Crippen LogP contribution is -1.85. The number of aryl methyl sites for hydroxylation is 2. The molecule has 0 aromatic heterocycles.